The first-order valence-electron chi connectivity index (χ1n) is 6.88. The maximum absolute atomic E-state index is 12.6. The topological polar surface area (TPSA) is 49.3 Å². The number of aromatic hydroxyl groups is 1. The van der Waals surface area contributed by atoms with E-state index < -0.39 is 5.41 Å². The maximum atomic E-state index is 12.6. The standard InChI is InChI=1S/C17H16BrNO2/c1-11-2-7-14(15(20)10-11)19-16(21)17(8-9-17)12-3-5-13(18)6-4-12/h2-7,10,20H,8-9H2,1H3,(H,19,21). The first-order chi connectivity index (χ1) is 10.0. The van der Waals surface area contributed by atoms with E-state index in [2.05, 4.69) is 21.2 Å². The average molecular weight is 346 g/mol. The molecular formula is C17H16BrNO2. The van der Waals surface area contributed by atoms with Crippen LogP contribution in [0.1, 0.15) is 24.0 Å². The molecule has 0 heterocycles. The lowest BCUT2D eigenvalue weighted by molar-refractivity contribution is -0.118. The fourth-order valence-electron chi connectivity index (χ4n) is 2.53. The first kappa shape index (κ1) is 14.1. The van der Waals surface area contributed by atoms with E-state index in [9.17, 15) is 9.90 Å². The van der Waals surface area contributed by atoms with E-state index in [-0.39, 0.29) is 11.7 Å². The van der Waals surface area contributed by atoms with E-state index in [1.807, 2.05) is 37.3 Å². The first-order valence-corrected chi connectivity index (χ1v) is 7.68. The van der Waals surface area contributed by atoms with Crippen LogP contribution in [0.4, 0.5) is 5.69 Å². The molecule has 0 radical (unpaired) electrons. The number of anilines is 1. The van der Waals surface area contributed by atoms with Crippen molar-refractivity contribution in [3.05, 3.63) is 58.1 Å². The van der Waals surface area contributed by atoms with Crippen LogP contribution in [0.5, 0.6) is 5.75 Å². The summed E-state index contributed by atoms with van der Waals surface area (Å²) in [6.45, 7) is 1.90. The van der Waals surface area contributed by atoms with Crippen LogP contribution in [0.25, 0.3) is 0 Å². The van der Waals surface area contributed by atoms with Gasteiger partial charge in [0.15, 0.2) is 0 Å². The van der Waals surface area contributed by atoms with Gasteiger partial charge in [-0.2, -0.15) is 0 Å². The van der Waals surface area contributed by atoms with Crippen LogP contribution >= 0.6 is 15.9 Å². The second-order valence-electron chi connectivity index (χ2n) is 5.56. The van der Waals surface area contributed by atoms with Crippen molar-refractivity contribution >= 4 is 27.5 Å². The summed E-state index contributed by atoms with van der Waals surface area (Å²) in [4.78, 5) is 12.6. The van der Waals surface area contributed by atoms with Crippen molar-refractivity contribution < 1.29 is 9.90 Å². The molecule has 4 heteroatoms. The summed E-state index contributed by atoms with van der Waals surface area (Å²) in [5.41, 5.74) is 2.00. The van der Waals surface area contributed by atoms with E-state index in [1.165, 1.54) is 0 Å². The van der Waals surface area contributed by atoms with Crippen molar-refractivity contribution in [2.75, 3.05) is 5.32 Å². The minimum absolute atomic E-state index is 0.0519. The van der Waals surface area contributed by atoms with Gasteiger partial charge in [-0.25, -0.2) is 0 Å². The van der Waals surface area contributed by atoms with Gasteiger partial charge >= 0.3 is 0 Å². The zero-order valence-electron chi connectivity index (χ0n) is 11.7. The Balaban J connectivity index is 1.83. The lowest BCUT2D eigenvalue weighted by Crippen LogP contribution is -2.27. The Labute approximate surface area is 132 Å². The highest BCUT2D eigenvalue weighted by Crippen LogP contribution is 2.49. The Kier molecular flexibility index (Phi) is 3.49. The lowest BCUT2D eigenvalue weighted by atomic mass is 9.95. The van der Waals surface area contributed by atoms with Crippen LogP contribution in [0.15, 0.2) is 46.9 Å². The average Bonchev–Trinajstić information content (AvgIpc) is 3.24. The quantitative estimate of drug-likeness (QED) is 0.821. The third-order valence-electron chi connectivity index (χ3n) is 3.98. The molecule has 108 valence electrons. The molecule has 3 rings (SSSR count). The number of rotatable bonds is 3. The molecule has 2 N–H and O–H groups in total. The minimum Gasteiger partial charge on any atom is -0.506 e. The Morgan fingerprint density at radius 2 is 1.86 bits per heavy atom. The Hall–Kier alpha value is -1.81. The number of phenolic OH excluding ortho intramolecular Hbond substituents is 1. The summed E-state index contributed by atoms with van der Waals surface area (Å²) in [5, 5.41) is 12.8. The highest BCUT2D eigenvalue weighted by atomic mass is 79.9. The molecule has 1 aliphatic rings. The Morgan fingerprint density at radius 1 is 1.19 bits per heavy atom. The summed E-state index contributed by atoms with van der Waals surface area (Å²) in [5.74, 6) is 0.0546. The third-order valence-corrected chi connectivity index (χ3v) is 4.51. The Bertz CT molecular complexity index is 690. The molecule has 1 saturated carbocycles. The van der Waals surface area contributed by atoms with Gasteiger partial charge < -0.3 is 10.4 Å². The smallest absolute Gasteiger partial charge is 0.235 e. The van der Waals surface area contributed by atoms with Gasteiger partial charge in [0.05, 0.1) is 11.1 Å². The summed E-state index contributed by atoms with van der Waals surface area (Å²) in [6.07, 6.45) is 1.68. The van der Waals surface area contributed by atoms with Gasteiger partial charge in [0, 0.05) is 4.47 Å². The number of benzene rings is 2. The van der Waals surface area contributed by atoms with E-state index >= 15 is 0 Å². The van der Waals surface area contributed by atoms with E-state index in [0.29, 0.717) is 5.69 Å². The number of hydrogen-bond acceptors (Lipinski definition) is 2. The van der Waals surface area contributed by atoms with E-state index in [0.717, 1.165) is 28.4 Å². The predicted molar refractivity (Wildman–Crippen MR) is 86.5 cm³/mol. The van der Waals surface area contributed by atoms with Gasteiger partial charge in [-0.3, -0.25) is 4.79 Å². The summed E-state index contributed by atoms with van der Waals surface area (Å²) in [6, 6.07) is 13.1. The predicted octanol–water partition coefficient (Wildman–Crippen LogP) is 4.13. The molecule has 0 aliphatic heterocycles. The molecule has 1 aliphatic carbocycles. The fourth-order valence-corrected chi connectivity index (χ4v) is 2.79. The van der Waals surface area contributed by atoms with Crippen LogP contribution in [0, 0.1) is 6.92 Å². The van der Waals surface area contributed by atoms with Crippen LogP contribution in [-0.2, 0) is 10.2 Å². The van der Waals surface area contributed by atoms with Gasteiger partial charge in [0.25, 0.3) is 0 Å². The van der Waals surface area contributed by atoms with Gasteiger partial charge in [-0.1, -0.05) is 34.1 Å². The van der Waals surface area contributed by atoms with E-state index in [1.54, 1.807) is 12.1 Å². The molecular weight excluding hydrogens is 330 g/mol. The van der Waals surface area contributed by atoms with Gasteiger partial charge in [0.1, 0.15) is 5.75 Å². The van der Waals surface area contributed by atoms with Crippen molar-refractivity contribution in [1.82, 2.24) is 0 Å². The second kappa shape index (κ2) is 5.19. The van der Waals surface area contributed by atoms with Crippen LogP contribution in [-0.4, -0.2) is 11.0 Å². The Morgan fingerprint density at radius 3 is 2.43 bits per heavy atom. The number of nitrogens with one attached hydrogen (secondary N) is 1. The van der Waals surface area contributed by atoms with Crippen molar-refractivity contribution in [2.45, 2.75) is 25.2 Å². The molecule has 0 saturated heterocycles. The fraction of sp³-hybridized carbons (Fsp3) is 0.235. The number of carbonyl (C=O) groups excluding carboxylic acids is 1. The van der Waals surface area contributed by atoms with Gasteiger partial charge in [0.2, 0.25) is 5.91 Å². The highest BCUT2D eigenvalue weighted by molar-refractivity contribution is 9.10. The normalized spacial score (nSPS) is 15.5. The zero-order valence-corrected chi connectivity index (χ0v) is 13.3. The number of carbonyl (C=O) groups is 1. The van der Waals surface area contributed by atoms with Crippen molar-refractivity contribution in [3.8, 4) is 5.75 Å². The second-order valence-corrected chi connectivity index (χ2v) is 6.48. The zero-order chi connectivity index (χ0) is 15.0. The number of phenols is 1. The van der Waals surface area contributed by atoms with Crippen LogP contribution in [0.2, 0.25) is 0 Å². The monoisotopic (exact) mass is 345 g/mol. The molecule has 0 atom stereocenters. The van der Waals surface area contributed by atoms with Crippen molar-refractivity contribution in [2.24, 2.45) is 0 Å². The number of hydrogen-bond donors (Lipinski definition) is 2. The molecule has 1 amide bonds. The third kappa shape index (κ3) is 2.68. The number of amides is 1. The SMILES string of the molecule is Cc1ccc(NC(=O)C2(c3ccc(Br)cc3)CC2)c(O)c1. The lowest BCUT2D eigenvalue weighted by Gasteiger charge is -2.16. The van der Waals surface area contributed by atoms with Crippen LogP contribution < -0.4 is 5.32 Å². The molecule has 0 aromatic heterocycles. The molecule has 0 unspecified atom stereocenters. The molecule has 1 fully saturated rings. The molecule has 21 heavy (non-hydrogen) atoms. The van der Waals surface area contributed by atoms with Crippen LogP contribution in [0.3, 0.4) is 0 Å². The van der Waals surface area contributed by atoms with Gasteiger partial charge in [-0.05, 0) is 55.2 Å². The maximum Gasteiger partial charge on any atom is 0.235 e. The highest BCUT2D eigenvalue weighted by Gasteiger charge is 2.51. The van der Waals surface area contributed by atoms with Gasteiger partial charge in [-0.15, -0.1) is 0 Å². The summed E-state index contributed by atoms with van der Waals surface area (Å²) in [7, 11) is 0. The largest absolute Gasteiger partial charge is 0.506 e. The van der Waals surface area contributed by atoms with Crippen molar-refractivity contribution in [3.63, 3.8) is 0 Å². The molecule has 3 nitrogen and oxygen atoms in total. The summed E-state index contributed by atoms with van der Waals surface area (Å²) >= 11 is 3.41. The number of halogens is 1. The summed E-state index contributed by atoms with van der Waals surface area (Å²) < 4.78 is 0.999. The molecule has 2 aromatic carbocycles. The van der Waals surface area contributed by atoms with Crippen molar-refractivity contribution in [1.29, 1.82) is 0 Å². The number of aryl methyl sites for hydroxylation is 1. The molecule has 2 aromatic rings. The van der Waals surface area contributed by atoms with E-state index in [4.69, 9.17) is 0 Å². The molecule has 0 bridgehead atoms. The minimum atomic E-state index is -0.446. The molecule has 0 spiro atoms.